The zero-order valence-corrected chi connectivity index (χ0v) is 15.7. The predicted molar refractivity (Wildman–Crippen MR) is 93.8 cm³/mol. The van der Waals surface area contributed by atoms with E-state index < -0.39 is 5.79 Å². The Morgan fingerprint density at radius 2 is 1.77 bits per heavy atom. The molecule has 0 radical (unpaired) electrons. The van der Waals surface area contributed by atoms with E-state index >= 15 is 0 Å². The van der Waals surface area contributed by atoms with Crippen LogP contribution in [0.3, 0.4) is 0 Å². The van der Waals surface area contributed by atoms with Gasteiger partial charge in [-0.05, 0) is 31.5 Å². The Hall–Kier alpha value is -1.67. The number of benzene rings is 1. The quantitative estimate of drug-likeness (QED) is 0.736. The van der Waals surface area contributed by atoms with Crippen LogP contribution in [0, 0.1) is 0 Å². The molecule has 0 bridgehead atoms. The minimum atomic E-state index is -0.679. The van der Waals surface area contributed by atoms with Crippen LogP contribution in [0.25, 0.3) is 0 Å². The summed E-state index contributed by atoms with van der Waals surface area (Å²) in [7, 11) is 3.02. The SMILES string of the molecule is COC(=O)C[C@@H]1O[C@H](CNCc2ccc(OC)cc2)[C@H]2OC(C)(C)O[C@H]21. The van der Waals surface area contributed by atoms with Crippen molar-refractivity contribution in [1.82, 2.24) is 5.32 Å². The van der Waals surface area contributed by atoms with Gasteiger partial charge in [-0.2, -0.15) is 0 Å². The molecule has 7 heteroatoms. The lowest BCUT2D eigenvalue weighted by Crippen LogP contribution is -2.37. The maximum absolute atomic E-state index is 11.7. The van der Waals surface area contributed by atoms with Gasteiger partial charge in [0.2, 0.25) is 0 Å². The Labute approximate surface area is 153 Å². The van der Waals surface area contributed by atoms with Gasteiger partial charge in [-0.1, -0.05) is 12.1 Å². The van der Waals surface area contributed by atoms with E-state index in [9.17, 15) is 4.79 Å². The van der Waals surface area contributed by atoms with Crippen LogP contribution in [-0.4, -0.2) is 56.9 Å². The topological polar surface area (TPSA) is 75.3 Å². The highest BCUT2D eigenvalue weighted by molar-refractivity contribution is 5.70. The van der Waals surface area contributed by atoms with Crippen LogP contribution in [0.5, 0.6) is 5.75 Å². The van der Waals surface area contributed by atoms with E-state index in [1.807, 2.05) is 38.1 Å². The van der Waals surface area contributed by atoms with Crippen molar-refractivity contribution < 1.29 is 28.5 Å². The summed E-state index contributed by atoms with van der Waals surface area (Å²) in [5, 5.41) is 3.39. The molecule has 144 valence electrons. The molecule has 7 nitrogen and oxygen atoms in total. The van der Waals surface area contributed by atoms with Gasteiger partial charge in [0.15, 0.2) is 5.79 Å². The summed E-state index contributed by atoms with van der Waals surface area (Å²) in [6, 6.07) is 7.90. The van der Waals surface area contributed by atoms with E-state index in [2.05, 4.69) is 5.32 Å². The van der Waals surface area contributed by atoms with Gasteiger partial charge in [-0.25, -0.2) is 0 Å². The Morgan fingerprint density at radius 3 is 2.38 bits per heavy atom. The van der Waals surface area contributed by atoms with Gasteiger partial charge in [-0.3, -0.25) is 4.79 Å². The molecule has 0 amide bonds. The molecule has 3 rings (SSSR count). The molecule has 0 aromatic heterocycles. The second-order valence-corrected chi connectivity index (χ2v) is 7.04. The summed E-state index contributed by atoms with van der Waals surface area (Å²) in [5.41, 5.74) is 1.15. The van der Waals surface area contributed by atoms with Crippen molar-refractivity contribution >= 4 is 5.97 Å². The Kier molecular flexibility index (Phi) is 5.82. The van der Waals surface area contributed by atoms with Crippen molar-refractivity contribution in [2.75, 3.05) is 20.8 Å². The number of esters is 1. The molecule has 2 saturated heterocycles. The van der Waals surface area contributed by atoms with E-state index in [-0.39, 0.29) is 36.8 Å². The number of nitrogens with one attached hydrogen (secondary N) is 1. The van der Waals surface area contributed by atoms with Crippen LogP contribution in [0.4, 0.5) is 0 Å². The van der Waals surface area contributed by atoms with Crippen LogP contribution in [0.2, 0.25) is 0 Å². The molecule has 2 fully saturated rings. The third-order valence-electron chi connectivity index (χ3n) is 4.68. The molecular weight excluding hydrogens is 338 g/mol. The van der Waals surface area contributed by atoms with Gasteiger partial charge < -0.3 is 29.0 Å². The molecule has 2 aliphatic heterocycles. The van der Waals surface area contributed by atoms with Crippen LogP contribution >= 0.6 is 0 Å². The highest BCUT2D eigenvalue weighted by Gasteiger charge is 2.55. The van der Waals surface area contributed by atoms with Crippen LogP contribution in [0.15, 0.2) is 24.3 Å². The van der Waals surface area contributed by atoms with Gasteiger partial charge >= 0.3 is 5.97 Å². The first-order valence-electron chi connectivity index (χ1n) is 8.83. The first-order valence-corrected chi connectivity index (χ1v) is 8.83. The fourth-order valence-electron chi connectivity index (χ4n) is 3.45. The van der Waals surface area contributed by atoms with Crippen molar-refractivity contribution in [3.05, 3.63) is 29.8 Å². The van der Waals surface area contributed by atoms with E-state index in [4.69, 9.17) is 23.7 Å². The largest absolute Gasteiger partial charge is 0.497 e. The van der Waals surface area contributed by atoms with Crippen LogP contribution < -0.4 is 10.1 Å². The number of ether oxygens (including phenoxy) is 5. The molecule has 2 aliphatic rings. The van der Waals surface area contributed by atoms with Crippen LogP contribution in [0.1, 0.15) is 25.8 Å². The molecule has 2 heterocycles. The molecule has 1 aromatic carbocycles. The first-order chi connectivity index (χ1) is 12.4. The van der Waals surface area contributed by atoms with Gasteiger partial charge in [0, 0.05) is 13.1 Å². The molecular formula is C19H27NO6. The molecule has 0 spiro atoms. The fraction of sp³-hybridized carbons (Fsp3) is 0.632. The van der Waals surface area contributed by atoms with Crippen molar-refractivity contribution in [2.45, 2.75) is 57.0 Å². The van der Waals surface area contributed by atoms with E-state index in [0.717, 1.165) is 11.3 Å². The number of rotatable bonds is 7. The fourth-order valence-corrected chi connectivity index (χ4v) is 3.45. The lowest BCUT2D eigenvalue weighted by Gasteiger charge is -2.24. The molecule has 0 unspecified atom stereocenters. The van der Waals surface area contributed by atoms with E-state index in [1.165, 1.54) is 7.11 Å². The van der Waals surface area contributed by atoms with Crippen LogP contribution in [-0.2, 0) is 30.3 Å². The third kappa shape index (κ3) is 4.35. The first kappa shape index (κ1) is 19.1. The normalized spacial score (nSPS) is 29.4. The maximum Gasteiger partial charge on any atom is 0.308 e. The standard InChI is InChI=1S/C19H27NO6/c1-19(2)25-17-14(9-16(21)23-4)24-15(18(17)26-19)11-20-10-12-5-7-13(22-3)8-6-12/h5-8,14-15,17-18,20H,9-11H2,1-4H3/t14-,15+,17-,18+/m0/s1. The minimum Gasteiger partial charge on any atom is -0.497 e. The second-order valence-electron chi connectivity index (χ2n) is 7.04. The summed E-state index contributed by atoms with van der Waals surface area (Å²) in [6.45, 7) is 5.06. The third-order valence-corrected chi connectivity index (χ3v) is 4.68. The average molecular weight is 365 g/mol. The summed E-state index contributed by atoms with van der Waals surface area (Å²) in [5.74, 6) is -0.157. The number of carbonyl (C=O) groups excluding carboxylic acids is 1. The summed E-state index contributed by atoms with van der Waals surface area (Å²) < 4.78 is 27.9. The zero-order chi connectivity index (χ0) is 18.7. The number of carbonyl (C=O) groups is 1. The molecule has 1 N–H and O–H groups in total. The highest BCUT2D eigenvalue weighted by Crippen LogP contribution is 2.39. The lowest BCUT2D eigenvalue weighted by atomic mass is 10.1. The van der Waals surface area contributed by atoms with E-state index in [0.29, 0.717) is 13.1 Å². The van der Waals surface area contributed by atoms with Gasteiger partial charge in [0.1, 0.15) is 18.0 Å². The Balaban J connectivity index is 1.57. The van der Waals surface area contributed by atoms with Gasteiger partial charge in [-0.15, -0.1) is 0 Å². The summed E-state index contributed by atoms with van der Waals surface area (Å²) in [4.78, 5) is 11.7. The van der Waals surface area contributed by atoms with E-state index in [1.54, 1.807) is 7.11 Å². The van der Waals surface area contributed by atoms with Crippen molar-refractivity contribution in [3.8, 4) is 5.75 Å². The Morgan fingerprint density at radius 1 is 1.12 bits per heavy atom. The van der Waals surface area contributed by atoms with Gasteiger partial charge in [0.25, 0.3) is 0 Å². The molecule has 26 heavy (non-hydrogen) atoms. The molecule has 1 aromatic rings. The molecule has 0 aliphatic carbocycles. The summed E-state index contributed by atoms with van der Waals surface area (Å²) in [6.07, 6.45) is -0.858. The average Bonchev–Trinajstić information content (AvgIpc) is 3.09. The summed E-state index contributed by atoms with van der Waals surface area (Å²) >= 11 is 0. The smallest absolute Gasteiger partial charge is 0.308 e. The molecule has 0 saturated carbocycles. The zero-order valence-electron chi connectivity index (χ0n) is 15.7. The highest BCUT2D eigenvalue weighted by atomic mass is 16.8. The Bertz CT molecular complexity index is 617. The van der Waals surface area contributed by atoms with Crippen molar-refractivity contribution in [1.29, 1.82) is 0 Å². The lowest BCUT2D eigenvalue weighted by molar-refractivity contribution is -0.189. The van der Waals surface area contributed by atoms with Crippen molar-refractivity contribution in [2.24, 2.45) is 0 Å². The number of fused-ring (bicyclic) bond motifs is 1. The minimum absolute atomic E-state index is 0.159. The monoisotopic (exact) mass is 365 g/mol. The van der Waals surface area contributed by atoms with Gasteiger partial charge in [0.05, 0.1) is 32.8 Å². The van der Waals surface area contributed by atoms with Crippen molar-refractivity contribution in [3.63, 3.8) is 0 Å². The number of hydrogen-bond donors (Lipinski definition) is 1. The number of methoxy groups -OCH3 is 2. The second kappa shape index (κ2) is 7.92. The predicted octanol–water partition coefficient (Wildman–Crippen LogP) is 1.64. The number of hydrogen-bond acceptors (Lipinski definition) is 7. The maximum atomic E-state index is 11.7. The molecule has 4 atom stereocenters.